The van der Waals surface area contributed by atoms with E-state index >= 15 is 0 Å². The maximum atomic E-state index is 9.74. The molecular weight excluding hydrogens is 220 g/mol. The smallest absolute Gasteiger partial charge is 0.100 e. The SMILES string of the molecule is CCC(C)C(O)CNCc1cc(C#N)cs1. The Labute approximate surface area is 101 Å². The lowest BCUT2D eigenvalue weighted by Crippen LogP contribution is -2.30. The van der Waals surface area contributed by atoms with Gasteiger partial charge in [0.2, 0.25) is 0 Å². The van der Waals surface area contributed by atoms with Gasteiger partial charge in [-0.25, -0.2) is 0 Å². The zero-order valence-corrected chi connectivity index (χ0v) is 10.5. The molecule has 88 valence electrons. The first kappa shape index (κ1) is 13.2. The predicted octanol–water partition coefficient (Wildman–Crippen LogP) is 2.12. The first-order valence-electron chi connectivity index (χ1n) is 5.53. The molecule has 0 aromatic carbocycles. The molecule has 1 aromatic rings. The zero-order chi connectivity index (χ0) is 12.0. The predicted molar refractivity (Wildman–Crippen MR) is 66.2 cm³/mol. The topological polar surface area (TPSA) is 56.0 Å². The van der Waals surface area contributed by atoms with E-state index in [-0.39, 0.29) is 6.10 Å². The van der Waals surface area contributed by atoms with E-state index < -0.39 is 0 Å². The van der Waals surface area contributed by atoms with Crippen molar-refractivity contribution in [2.45, 2.75) is 32.9 Å². The molecule has 0 amide bonds. The highest BCUT2D eigenvalue weighted by Crippen LogP contribution is 2.13. The Kier molecular flexibility index (Phi) is 5.47. The van der Waals surface area contributed by atoms with E-state index in [1.807, 2.05) is 18.4 Å². The summed E-state index contributed by atoms with van der Waals surface area (Å²) in [6.07, 6.45) is 0.695. The van der Waals surface area contributed by atoms with Crippen molar-refractivity contribution in [3.63, 3.8) is 0 Å². The summed E-state index contributed by atoms with van der Waals surface area (Å²) in [7, 11) is 0. The fraction of sp³-hybridized carbons (Fsp3) is 0.583. The summed E-state index contributed by atoms with van der Waals surface area (Å²) in [5.41, 5.74) is 0.712. The molecule has 0 fully saturated rings. The Hall–Kier alpha value is -0.890. The van der Waals surface area contributed by atoms with E-state index in [1.165, 1.54) is 0 Å². The molecule has 0 saturated carbocycles. The molecule has 0 spiro atoms. The summed E-state index contributed by atoms with van der Waals surface area (Å²) in [6, 6.07) is 3.99. The van der Waals surface area contributed by atoms with Crippen LogP contribution in [0.4, 0.5) is 0 Å². The van der Waals surface area contributed by atoms with Gasteiger partial charge in [-0.2, -0.15) is 5.26 Å². The van der Waals surface area contributed by atoms with Crippen molar-refractivity contribution in [1.82, 2.24) is 5.32 Å². The summed E-state index contributed by atoms with van der Waals surface area (Å²) in [4.78, 5) is 1.13. The molecule has 16 heavy (non-hydrogen) atoms. The van der Waals surface area contributed by atoms with Crippen molar-refractivity contribution < 1.29 is 5.11 Å². The molecule has 2 N–H and O–H groups in total. The van der Waals surface area contributed by atoms with Crippen LogP contribution in [0.2, 0.25) is 0 Å². The van der Waals surface area contributed by atoms with Gasteiger partial charge in [0.1, 0.15) is 6.07 Å². The minimum Gasteiger partial charge on any atom is -0.392 e. The third-order valence-electron chi connectivity index (χ3n) is 2.74. The van der Waals surface area contributed by atoms with Crippen LogP contribution in [-0.2, 0) is 6.54 Å². The molecule has 0 radical (unpaired) electrons. The number of nitrogens with one attached hydrogen (secondary N) is 1. The van der Waals surface area contributed by atoms with Gasteiger partial charge in [0.05, 0.1) is 11.7 Å². The van der Waals surface area contributed by atoms with Crippen LogP contribution >= 0.6 is 11.3 Å². The van der Waals surface area contributed by atoms with Crippen LogP contribution in [0, 0.1) is 17.2 Å². The molecule has 0 bridgehead atoms. The molecule has 0 saturated heterocycles. The Bertz CT molecular complexity index is 356. The van der Waals surface area contributed by atoms with Crippen molar-refractivity contribution in [2.75, 3.05) is 6.54 Å². The summed E-state index contributed by atoms with van der Waals surface area (Å²) in [5, 5.41) is 23.5. The molecule has 1 rings (SSSR count). The number of aliphatic hydroxyl groups is 1. The first-order chi connectivity index (χ1) is 7.67. The maximum Gasteiger partial charge on any atom is 0.100 e. The van der Waals surface area contributed by atoms with E-state index in [0.29, 0.717) is 18.0 Å². The minimum atomic E-state index is -0.291. The number of rotatable bonds is 6. The van der Waals surface area contributed by atoms with Crippen molar-refractivity contribution in [3.05, 3.63) is 21.9 Å². The lowest BCUT2D eigenvalue weighted by molar-refractivity contribution is 0.113. The zero-order valence-electron chi connectivity index (χ0n) is 9.73. The summed E-state index contributed by atoms with van der Waals surface area (Å²) < 4.78 is 0. The Morgan fingerprint density at radius 1 is 1.62 bits per heavy atom. The number of aliphatic hydroxyl groups excluding tert-OH is 1. The second-order valence-corrected chi connectivity index (χ2v) is 4.99. The number of hydrogen-bond donors (Lipinski definition) is 2. The van der Waals surface area contributed by atoms with E-state index in [4.69, 9.17) is 5.26 Å². The highest BCUT2D eigenvalue weighted by molar-refractivity contribution is 7.10. The number of nitriles is 1. The molecule has 0 aliphatic rings. The molecule has 2 unspecified atom stereocenters. The largest absolute Gasteiger partial charge is 0.392 e. The van der Waals surface area contributed by atoms with Gasteiger partial charge in [-0.15, -0.1) is 11.3 Å². The number of thiophene rings is 1. The lowest BCUT2D eigenvalue weighted by Gasteiger charge is -2.17. The number of hydrogen-bond acceptors (Lipinski definition) is 4. The molecule has 3 nitrogen and oxygen atoms in total. The fourth-order valence-electron chi connectivity index (χ4n) is 1.35. The second kappa shape index (κ2) is 6.64. The third kappa shape index (κ3) is 3.93. The highest BCUT2D eigenvalue weighted by Gasteiger charge is 2.11. The van der Waals surface area contributed by atoms with Gasteiger partial charge >= 0.3 is 0 Å². The van der Waals surface area contributed by atoms with E-state index in [0.717, 1.165) is 17.8 Å². The van der Waals surface area contributed by atoms with E-state index in [1.54, 1.807) is 11.3 Å². The van der Waals surface area contributed by atoms with Crippen LogP contribution < -0.4 is 5.32 Å². The van der Waals surface area contributed by atoms with E-state index in [9.17, 15) is 5.11 Å². The van der Waals surface area contributed by atoms with Crippen molar-refractivity contribution in [1.29, 1.82) is 5.26 Å². The monoisotopic (exact) mass is 238 g/mol. The van der Waals surface area contributed by atoms with Crippen LogP contribution in [0.25, 0.3) is 0 Å². The number of nitrogens with zero attached hydrogens (tertiary/aromatic N) is 1. The summed E-state index contributed by atoms with van der Waals surface area (Å²) in [5.74, 6) is 0.325. The molecule has 1 heterocycles. The van der Waals surface area contributed by atoms with Gasteiger partial charge in [-0.3, -0.25) is 0 Å². The van der Waals surface area contributed by atoms with Gasteiger partial charge in [-0.1, -0.05) is 20.3 Å². The van der Waals surface area contributed by atoms with Crippen LogP contribution in [0.3, 0.4) is 0 Å². The van der Waals surface area contributed by atoms with E-state index in [2.05, 4.69) is 18.3 Å². The third-order valence-corrected chi connectivity index (χ3v) is 3.67. The Balaban J connectivity index is 2.28. The summed E-state index contributed by atoms with van der Waals surface area (Å²) >= 11 is 1.57. The van der Waals surface area contributed by atoms with Crippen LogP contribution in [0.15, 0.2) is 11.4 Å². The maximum absolute atomic E-state index is 9.74. The van der Waals surface area contributed by atoms with Crippen LogP contribution in [0.1, 0.15) is 30.7 Å². The van der Waals surface area contributed by atoms with Gasteiger partial charge in [-0.05, 0) is 12.0 Å². The summed E-state index contributed by atoms with van der Waals surface area (Å²) in [6.45, 7) is 5.45. The molecular formula is C12H18N2OS. The van der Waals surface area contributed by atoms with Crippen molar-refractivity contribution in [2.24, 2.45) is 5.92 Å². The van der Waals surface area contributed by atoms with Gasteiger partial charge < -0.3 is 10.4 Å². The first-order valence-corrected chi connectivity index (χ1v) is 6.41. The van der Waals surface area contributed by atoms with Crippen molar-refractivity contribution in [3.8, 4) is 6.07 Å². The minimum absolute atomic E-state index is 0.291. The van der Waals surface area contributed by atoms with Gasteiger partial charge in [0, 0.05) is 23.3 Å². The quantitative estimate of drug-likeness (QED) is 0.798. The van der Waals surface area contributed by atoms with Crippen LogP contribution in [-0.4, -0.2) is 17.8 Å². The Morgan fingerprint density at radius 3 is 2.94 bits per heavy atom. The highest BCUT2D eigenvalue weighted by atomic mass is 32.1. The second-order valence-electron chi connectivity index (χ2n) is 4.00. The average Bonchev–Trinajstić information content (AvgIpc) is 2.75. The van der Waals surface area contributed by atoms with Crippen LogP contribution in [0.5, 0.6) is 0 Å². The molecule has 0 aliphatic carbocycles. The normalized spacial score (nSPS) is 14.4. The molecule has 4 heteroatoms. The standard InChI is InChI=1S/C12H18N2OS/c1-3-9(2)12(15)7-14-6-11-4-10(5-13)8-16-11/h4,8-9,12,14-15H,3,6-7H2,1-2H3. The van der Waals surface area contributed by atoms with Crippen molar-refractivity contribution >= 4 is 11.3 Å². The van der Waals surface area contributed by atoms with Gasteiger partial charge in [0.25, 0.3) is 0 Å². The molecule has 0 aliphatic heterocycles. The average molecular weight is 238 g/mol. The Morgan fingerprint density at radius 2 is 2.38 bits per heavy atom. The fourth-order valence-corrected chi connectivity index (χ4v) is 2.13. The lowest BCUT2D eigenvalue weighted by atomic mass is 10.0. The van der Waals surface area contributed by atoms with Gasteiger partial charge in [0.15, 0.2) is 0 Å². The molecule has 2 atom stereocenters. The molecule has 1 aromatic heterocycles.